The summed E-state index contributed by atoms with van der Waals surface area (Å²) >= 11 is 1.25. The van der Waals surface area contributed by atoms with Gasteiger partial charge in [-0.15, -0.1) is 0 Å². The predicted octanol–water partition coefficient (Wildman–Crippen LogP) is 3.55. The molecular formula is C29H28N2O6S. The molecule has 3 aromatic rings. The summed E-state index contributed by atoms with van der Waals surface area (Å²) in [4.78, 5) is 32.0. The average molecular weight is 533 g/mol. The highest BCUT2D eigenvalue weighted by atomic mass is 32.1. The van der Waals surface area contributed by atoms with Gasteiger partial charge in [0.15, 0.2) is 16.3 Å². The molecule has 0 radical (unpaired) electrons. The number of carbonyl (C=O) groups excluding carboxylic acids is 1. The van der Waals surface area contributed by atoms with E-state index in [1.165, 1.54) is 22.0 Å². The molecule has 0 spiro atoms. The molecule has 0 amide bonds. The summed E-state index contributed by atoms with van der Waals surface area (Å²) in [6, 6.07) is 11.9. The molecule has 38 heavy (non-hydrogen) atoms. The minimum atomic E-state index is -0.721. The fraction of sp³-hybridized carbons (Fsp3) is 0.207. The summed E-state index contributed by atoms with van der Waals surface area (Å²) in [6.45, 7) is 9.40. The Kier molecular flexibility index (Phi) is 8.28. The van der Waals surface area contributed by atoms with E-state index in [1.54, 1.807) is 57.6 Å². The van der Waals surface area contributed by atoms with Crippen molar-refractivity contribution in [2.45, 2.75) is 13.0 Å². The fourth-order valence-corrected chi connectivity index (χ4v) is 5.14. The third kappa shape index (κ3) is 5.33. The van der Waals surface area contributed by atoms with Crippen molar-refractivity contribution < 1.29 is 23.7 Å². The third-order valence-electron chi connectivity index (χ3n) is 5.85. The van der Waals surface area contributed by atoms with Crippen LogP contribution in [0.2, 0.25) is 0 Å². The second-order valence-corrected chi connectivity index (χ2v) is 9.26. The summed E-state index contributed by atoms with van der Waals surface area (Å²) in [5.41, 5.74) is 1.98. The Morgan fingerprint density at radius 2 is 1.79 bits per heavy atom. The largest absolute Gasteiger partial charge is 0.497 e. The predicted molar refractivity (Wildman–Crippen MR) is 147 cm³/mol. The van der Waals surface area contributed by atoms with E-state index in [9.17, 15) is 9.59 Å². The quantitative estimate of drug-likeness (QED) is 0.293. The van der Waals surface area contributed by atoms with E-state index in [-0.39, 0.29) is 12.2 Å². The molecule has 1 unspecified atom stereocenters. The molecule has 9 heteroatoms. The third-order valence-corrected chi connectivity index (χ3v) is 6.83. The summed E-state index contributed by atoms with van der Waals surface area (Å²) in [5, 5.41) is 0. The van der Waals surface area contributed by atoms with Gasteiger partial charge in [-0.1, -0.05) is 54.8 Å². The Labute approximate surface area is 224 Å². The molecule has 1 aliphatic rings. The Hall–Kier alpha value is -4.37. The molecule has 196 valence electrons. The van der Waals surface area contributed by atoms with E-state index < -0.39 is 12.0 Å². The van der Waals surface area contributed by atoms with Gasteiger partial charge in [-0.05, 0) is 48.4 Å². The van der Waals surface area contributed by atoms with Crippen molar-refractivity contribution in [1.82, 2.24) is 4.57 Å². The summed E-state index contributed by atoms with van der Waals surface area (Å²) in [6.07, 6.45) is 4.91. The second-order valence-electron chi connectivity index (χ2n) is 8.25. The van der Waals surface area contributed by atoms with E-state index in [0.717, 1.165) is 11.1 Å². The second kappa shape index (κ2) is 11.8. The number of esters is 1. The number of hydrogen-bond acceptors (Lipinski definition) is 8. The molecule has 2 heterocycles. The van der Waals surface area contributed by atoms with Crippen LogP contribution < -0.4 is 29.1 Å². The van der Waals surface area contributed by atoms with Crippen LogP contribution in [0, 0.1) is 0 Å². The maximum Gasteiger partial charge on any atom is 0.338 e. The molecule has 1 aromatic heterocycles. The summed E-state index contributed by atoms with van der Waals surface area (Å²) < 4.78 is 23.7. The van der Waals surface area contributed by atoms with E-state index in [2.05, 4.69) is 18.2 Å². The lowest BCUT2D eigenvalue weighted by Gasteiger charge is -2.24. The zero-order valence-corrected chi connectivity index (χ0v) is 22.2. The first-order valence-electron chi connectivity index (χ1n) is 11.8. The molecule has 1 atom stereocenters. The molecule has 0 saturated carbocycles. The number of fused-ring (bicyclic) bond motifs is 1. The number of hydrogen-bond donors (Lipinski definition) is 0. The number of aromatic nitrogens is 1. The molecule has 4 rings (SSSR count). The van der Waals surface area contributed by atoms with Crippen LogP contribution in [0.15, 0.2) is 88.8 Å². The number of thiazole rings is 1. The van der Waals surface area contributed by atoms with Gasteiger partial charge in [0.1, 0.15) is 19.0 Å². The number of allylic oxidation sites excluding steroid dienone is 1. The van der Waals surface area contributed by atoms with Crippen LogP contribution in [0.3, 0.4) is 0 Å². The molecule has 0 bridgehead atoms. The standard InChI is InChI=1S/C29H28N2O6S/c1-6-14-36-22-13-8-19(16-23(22)35-5)17-24-27(32)31-26(20-9-11-21(34-4)12-10-20)25(28(33)37-15-7-2)18(3)30-29(31)38-24/h6-13,16-17,26H,1-2,14-15H2,3-5H3/b24-17-. The van der Waals surface area contributed by atoms with E-state index in [0.29, 0.717) is 44.5 Å². The van der Waals surface area contributed by atoms with E-state index in [4.69, 9.17) is 18.9 Å². The average Bonchev–Trinajstić information content (AvgIpc) is 3.24. The normalized spacial score (nSPS) is 14.8. The highest BCUT2D eigenvalue weighted by Crippen LogP contribution is 2.32. The van der Waals surface area contributed by atoms with Gasteiger partial charge in [0.2, 0.25) is 0 Å². The van der Waals surface area contributed by atoms with Crippen LogP contribution in [0.4, 0.5) is 0 Å². The first-order valence-corrected chi connectivity index (χ1v) is 12.6. The Morgan fingerprint density at radius 1 is 1.05 bits per heavy atom. The number of nitrogens with zero attached hydrogens (tertiary/aromatic N) is 2. The molecule has 2 aromatic carbocycles. The highest BCUT2D eigenvalue weighted by molar-refractivity contribution is 7.07. The Bertz CT molecular complexity index is 1580. The van der Waals surface area contributed by atoms with Gasteiger partial charge in [0.25, 0.3) is 5.56 Å². The molecule has 0 N–H and O–H groups in total. The van der Waals surface area contributed by atoms with Gasteiger partial charge < -0.3 is 18.9 Å². The van der Waals surface area contributed by atoms with Crippen LogP contribution in [-0.4, -0.2) is 38.0 Å². The summed E-state index contributed by atoms with van der Waals surface area (Å²) in [7, 11) is 3.13. The lowest BCUT2D eigenvalue weighted by Crippen LogP contribution is -2.39. The summed E-state index contributed by atoms with van der Waals surface area (Å²) in [5.74, 6) is 1.21. The highest BCUT2D eigenvalue weighted by Gasteiger charge is 2.33. The van der Waals surface area contributed by atoms with Crippen molar-refractivity contribution in [3.05, 3.63) is 110 Å². The van der Waals surface area contributed by atoms with Crippen molar-refractivity contribution >= 4 is 23.4 Å². The number of benzene rings is 2. The number of ether oxygens (including phenoxy) is 4. The lowest BCUT2D eigenvalue weighted by atomic mass is 9.96. The zero-order chi connectivity index (χ0) is 27.2. The van der Waals surface area contributed by atoms with Crippen molar-refractivity contribution in [3.63, 3.8) is 0 Å². The monoisotopic (exact) mass is 532 g/mol. The van der Waals surface area contributed by atoms with Crippen molar-refractivity contribution in [2.24, 2.45) is 4.99 Å². The number of methoxy groups -OCH3 is 2. The minimum absolute atomic E-state index is 0.0453. The first kappa shape index (κ1) is 26.7. The molecule has 0 fully saturated rings. The van der Waals surface area contributed by atoms with Crippen molar-refractivity contribution in [2.75, 3.05) is 27.4 Å². The fourth-order valence-electron chi connectivity index (χ4n) is 4.09. The Balaban J connectivity index is 1.86. The molecular weight excluding hydrogens is 504 g/mol. The lowest BCUT2D eigenvalue weighted by molar-refractivity contribution is -0.138. The maximum absolute atomic E-state index is 13.8. The van der Waals surface area contributed by atoms with Crippen LogP contribution in [0.25, 0.3) is 6.08 Å². The minimum Gasteiger partial charge on any atom is -0.497 e. The smallest absolute Gasteiger partial charge is 0.338 e. The molecule has 0 aliphatic carbocycles. The first-order chi connectivity index (χ1) is 18.4. The van der Waals surface area contributed by atoms with Crippen LogP contribution in [0.1, 0.15) is 24.1 Å². The van der Waals surface area contributed by atoms with Gasteiger partial charge in [0.05, 0.1) is 36.1 Å². The van der Waals surface area contributed by atoms with Crippen LogP contribution in [0.5, 0.6) is 17.2 Å². The number of rotatable bonds is 10. The van der Waals surface area contributed by atoms with E-state index >= 15 is 0 Å². The van der Waals surface area contributed by atoms with Gasteiger partial charge in [-0.2, -0.15) is 0 Å². The Morgan fingerprint density at radius 3 is 2.45 bits per heavy atom. The molecule has 8 nitrogen and oxygen atoms in total. The number of carbonyl (C=O) groups is 1. The molecule has 0 saturated heterocycles. The van der Waals surface area contributed by atoms with Crippen molar-refractivity contribution in [3.8, 4) is 17.2 Å². The molecule has 1 aliphatic heterocycles. The SMILES string of the molecule is C=CCOC(=O)C1=C(C)N=c2s/c(=C\c3ccc(OCC=C)c(OC)c3)c(=O)n2C1c1ccc(OC)cc1. The maximum atomic E-state index is 13.8. The van der Waals surface area contributed by atoms with Crippen LogP contribution in [-0.2, 0) is 9.53 Å². The van der Waals surface area contributed by atoms with E-state index in [1.807, 2.05) is 18.2 Å². The van der Waals surface area contributed by atoms with Gasteiger partial charge in [-0.3, -0.25) is 9.36 Å². The van der Waals surface area contributed by atoms with Crippen LogP contribution >= 0.6 is 11.3 Å². The van der Waals surface area contributed by atoms with Gasteiger partial charge >= 0.3 is 5.97 Å². The van der Waals surface area contributed by atoms with Gasteiger partial charge in [0, 0.05) is 0 Å². The zero-order valence-electron chi connectivity index (χ0n) is 21.4. The van der Waals surface area contributed by atoms with Crippen molar-refractivity contribution in [1.29, 1.82) is 0 Å². The topological polar surface area (TPSA) is 88.4 Å². The van der Waals surface area contributed by atoms with Gasteiger partial charge in [-0.25, -0.2) is 9.79 Å².